The minimum absolute atomic E-state index is 0.0153. The number of carbonyl (C=O) groups is 1. The van der Waals surface area contributed by atoms with Crippen LogP contribution in [0.1, 0.15) is 42.5 Å². The van der Waals surface area contributed by atoms with Crippen molar-refractivity contribution < 1.29 is 9.90 Å². The molecule has 1 amide bonds. The third-order valence-electron chi connectivity index (χ3n) is 3.94. The van der Waals surface area contributed by atoms with Crippen molar-refractivity contribution in [3.8, 4) is 0 Å². The van der Waals surface area contributed by atoms with Crippen LogP contribution in [0.3, 0.4) is 0 Å². The van der Waals surface area contributed by atoms with Crippen molar-refractivity contribution in [2.75, 3.05) is 25.5 Å². The molecule has 0 aromatic carbocycles. The van der Waals surface area contributed by atoms with Gasteiger partial charge in [-0.05, 0) is 34.8 Å². The van der Waals surface area contributed by atoms with E-state index in [9.17, 15) is 9.90 Å². The first kappa shape index (κ1) is 16.2. The summed E-state index contributed by atoms with van der Waals surface area (Å²) >= 11 is 3.37. The van der Waals surface area contributed by atoms with Crippen LogP contribution in [0.4, 0.5) is 5.82 Å². The fraction of sp³-hybridized carbons (Fsp3) is 0.600. The van der Waals surface area contributed by atoms with Crippen LogP contribution in [0.25, 0.3) is 0 Å². The predicted molar refractivity (Wildman–Crippen MR) is 86.5 cm³/mol. The molecule has 6 heteroatoms. The summed E-state index contributed by atoms with van der Waals surface area (Å²) < 4.78 is 0.775. The van der Waals surface area contributed by atoms with Gasteiger partial charge in [0.05, 0.1) is 12.2 Å². The van der Waals surface area contributed by atoms with E-state index in [0.29, 0.717) is 17.9 Å². The van der Waals surface area contributed by atoms with Gasteiger partial charge in [-0.2, -0.15) is 0 Å². The highest BCUT2D eigenvalue weighted by molar-refractivity contribution is 9.10. The quantitative estimate of drug-likeness (QED) is 0.851. The SMILES string of the molecule is CNc1ncc(Br)cc1C(=O)N(CCO)C1CCCCC1. The van der Waals surface area contributed by atoms with Crippen LogP contribution in [0.15, 0.2) is 16.7 Å². The number of anilines is 1. The van der Waals surface area contributed by atoms with Gasteiger partial charge < -0.3 is 15.3 Å². The number of hydrogen-bond donors (Lipinski definition) is 2. The third-order valence-corrected chi connectivity index (χ3v) is 4.37. The molecule has 1 aliphatic rings. The number of aliphatic hydroxyl groups excluding tert-OH is 1. The van der Waals surface area contributed by atoms with E-state index in [1.54, 1.807) is 19.3 Å². The summed E-state index contributed by atoms with van der Waals surface area (Å²) in [6.07, 6.45) is 7.23. The summed E-state index contributed by atoms with van der Waals surface area (Å²) in [6, 6.07) is 2.01. The topological polar surface area (TPSA) is 65.5 Å². The van der Waals surface area contributed by atoms with Crippen LogP contribution in [-0.2, 0) is 0 Å². The summed E-state index contributed by atoms with van der Waals surface area (Å²) in [5.74, 6) is 0.510. The van der Waals surface area contributed by atoms with Crippen molar-refractivity contribution in [2.45, 2.75) is 38.1 Å². The standard InChI is InChI=1S/C15H22BrN3O2/c1-17-14-13(9-11(16)10-18-14)15(21)19(7-8-20)12-5-3-2-4-6-12/h9-10,12,20H,2-8H2,1H3,(H,17,18). The molecule has 0 atom stereocenters. The van der Waals surface area contributed by atoms with Gasteiger partial charge in [0.25, 0.3) is 5.91 Å². The number of hydrogen-bond acceptors (Lipinski definition) is 4. The zero-order valence-corrected chi connectivity index (χ0v) is 13.9. The maximum atomic E-state index is 12.9. The maximum Gasteiger partial charge on any atom is 0.257 e. The largest absolute Gasteiger partial charge is 0.395 e. The van der Waals surface area contributed by atoms with Gasteiger partial charge >= 0.3 is 0 Å². The number of rotatable bonds is 5. The Kier molecular flexibility index (Phi) is 5.99. The summed E-state index contributed by atoms with van der Waals surface area (Å²) in [7, 11) is 1.75. The Morgan fingerprint density at radius 1 is 1.48 bits per heavy atom. The van der Waals surface area contributed by atoms with E-state index in [1.165, 1.54) is 6.42 Å². The van der Waals surface area contributed by atoms with Gasteiger partial charge in [-0.3, -0.25) is 4.79 Å². The molecule has 0 bridgehead atoms. The fourth-order valence-electron chi connectivity index (χ4n) is 2.91. The molecule has 1 aromatic rings. The predicted octanol–water partition coefficient (Wildman–Crippen LogP) is 2.65. The molecule has 116 valence electrons. The summed E-state index contributed by atoms with van der Waals surface area (Å²) in [6.45, 7) is 0.359. The lowest BCUT2D eigenvalue weighted by molar-refractivity contribution is 0.0586. The van der Waals surface area contributed by atoms with E-state index in [4.69, 9.17) is 0 Å². The Morgan fingerprint density at radius 3 is 2.81 bits per heavy atom. The molecule has 0 radical (unpaired) electrons. The minimum atomic E-state index is -0.0610. The highest BCUT2D eigenvalue weighted by Gasteiger charge is 2.27. The number of amides is 1. The van der Waals surface area contributed by atoms with Crippen LogP contribution in [0, 0.1) is 0 Å². The normalized spacial score (nSPS) is 15.8. The van der Waals surface area contributed by atoms with E-state index in [0.717, 1.165) is 30.2 Å². The number of nitrogens with zero attached hydrogens (tertiary/aromatic N) is 2. The van der Waals surface area contributed by atoms with E-state index >= 15 is 0 Å². The third kappa shape index (κ3) is 3.95. The molecule has 1 fully saturated rings. The zero-order valence-electron chi connectivity index (χ0n) is 12.3. The highest BCUT2D eigenvalue weighted by atomic mass is 79.9. The van der Waals surface area contributed by atoms with Gasteiger partial charge in [-0.15, -0.1) is 0 Å². The molecule has 0 unspecified atom stereocenters. The lowest BCUT2D eigenvalue weighted by Gasteiger charge is -2.34. The number of carbonyl (C=O) groups excluding carboxylic acids is 1. The van der Waals surface area contributed by atoms with Gasteiger partial charge in [0.15, 0.2) is 0 Å². The molecule has 2 rings (SSSR count). The first-order valence-corrected chi connectivity index (χ1v) is 8.21. The minimum Gasteiger partial charge on any atom is -0.395 e. The van der Waals surface area contributed by atoms with Crippen molar-refractivity contribution in [3.05, 3.63) is 22.3 Å². The van der Waals surface area contributed by atoms with Gasteiger partial charge in [-0.25, -0.2) is 4.98 Å². The molecule has 21 heavy (non-hydrogen) atoms. The average molecular weight is 356 g/mol. The Balaban J connectivity index is 2.27. The van der Waals surface area contributed by atoms with Gasteiger partial charge in [0.2, 0.25) is 0 Å². The van der Waals surface area contributed by atoms with Crippen LogP contribution in [0.2, 0.25) is 0 Å². The maximum absolute atomic E-state index is 12.9. The summed E-state index contributed by atoms with van der Waals surface area (Å²) in [4.78, 5) is 18.9. The molecule has 1 saturated carbocycles. The molecule has 1 aromatic heterocycles. The first-order chi connectivity index (χ1) is 10.2. The lowest BCUT2D eigenvalue weighted by Crippen LogP contribution is -2.43. The molecule has 1 heterocycles. The summed E-state index contributed by atoms with van der Waals surface area (Å²) in [5, 5.41) is 12.3. The number of nitrogens with one attached hydrogen (secondary N) is 1. The van der Waals surface area contributed by atoms with Crippen molar-refractivity contribution in [2.24, 2.45) is 0 Å². The van der Waals surface area contributed by atoms with Crippen LogP contribution < -0.4 is 5.32 Å². The highest BCUT2D eigenvalue weighted by Crippen LogP contribution is 2.26. The van der Waals surface area contributed by atoms with Crippen LogP contribution >= 0.6 is 15.9 Å². The van der Waals surface area contributed by atoms with Crippen molar-refractivity contribution in [3.63, 3.8) is 0 Å². The number of aliphatic hydroxyl groups is 1. The van der Waals surface area contributed by atoms with Crippen LogP contribution in [0.5, 0.6) is 0 Å². The van der Waals surface area contributed by atoms with Crippen molar-refractivity contribution in [1.82, 2.24) is 9.88 Å². The van der Waals surface area contributed by atoms with Gasteiger partial charge in [0.1, 0.15) is 5.82 Å². The zero-order chi connectivity index (χ0) is 15.2. The number of aromatic nitrogens is 1. The molecule has 0 spiro atoms. The second-order valence-electron chi connectivity index (χ2n) is 5.31. The van der Waals surface area contributed by atoms with Gasteiger partial charge in [0, 0.05) is 30.3 Å². The Labute approximate surface area is 133 Å². The van der Waals surface area contributed by atoms with Crippen molar-refractivity contribution in [1.29, 1.82) is 0 Å². The molecule has 1 aliphatic carbocycles. The Bertz CT molecular complexity index is 490. The smallest absolute Gasteiger partial charge is 0.257 e. The van der Waals surface area contributed by atoms with E-state index < -0.39 is 0 Å². The molecule has 0 saturated heterocycles. The molecule has 2 N–H and O–H groups in total. The molecule has 0 aliphatic heterocycles. The monoisotopic (exact) mass is 355 g/mol. The Morgan fingerprint density at radius 2 is 2.19 bits per heavy atom. The van der Waals surface area contributed by atoms with Crippen molar-refractivity contribution >= 4 is 27.7 Å². The fourth-order valence-corrected chi connectivity index (χ4v) is 3.24. The average Bonchev–Trinajstić information content (AvgIpc) is 2.52. The lowest BCUT2D eigenvalue weighted by atomic mass is 9.93. The van der Waals surface area contributed by atoms with E-state index in [-0.39, 0.29) is 18.6 Å². The second kappa shape index (κ2) is 7.75. The van der Waals surface area contributed by atoms with E-state index in [1.807, 2.05) is 4.90 Å². The number of pyridine rings is 1. The molecule has 5 nitrogen and oxygen atoms in total. The van der Waals surface area contributed by atoms with Gasteiger partial charge in [-0.1, -0.05) is 19.3 Å². The first-order valence-electron chi connectivity index (χ1n) is 7.42. The molecular weight excluding hydrogens is 334 g/mol. The molecular formula is C15H22BrN3O2. The number of halogens is 1. The summed E-state index contributed by atoms with van der Waals surface area (Å²) in [5.41, 5.74) is 0.547. The Hall–Kier alpha value is -1.14. The van der Waals surface area contributed by atoms with E-state index in [2.05, 4.69) is 26.2 Å². The van der Waals surface area contributed by atoms with Crippen LogP contribution in [-0.4, -0.2) is 47.1 Å². The second-order valence-corrected chi connectivity index (χ2v) is 6.23.